The molecule has 2 heterocycles. The van der Waals surface area contributed by atoms with E-state index in [4.69, 9.17) is 5.73 Å². The van der Waals surface area contributed by atoms with E-state index in [-0.39, 0.29) is 17.9 Å². The number of carbonyl (C=O) groups excluding carboxylic acids is 1. The van der Waals surface area contributed by atoms with Crippen LogP contribution in [0.25, 0.3) is 5.82 Å². The molecule has 3 rings (SSSR count). The second-order valence-corrected chi connectivity index (χ2v) is 5.05. The first-order valence-electron chi connectivity index (χ1n) is 6.76. The largest absolute Gasteiger partial charge is 0.327 e. The molecule has 20 heavy (non-hydrogen) atoms. The van der Waals surface area contributed by atoms with Crippen molar-refractivity contribution >= 4 is 11.6 Å². The molecule has 1 amide bonds. The predicted octanol–water partition coefficient (Wildman–Crippen LogP) is 1.33. The minimum Gasteiger partial charge on any atom is -0.327 e. The van der Waals surface area contributed by atoms with Gasteiger partial charge in [0, 0.05) is 18.4 Å². The van der Waals surface area contributed by atoms with E-state index in [1.807, 2.05) is 24.4 Å². The Balaban J connectivity index is 1.68. The normalized spacial score (nSPS) is 21.9. The van der Waals surface area contributed by atoms with Gasteiger partial charge in [-0.25, -0.2) is 9.67 Å². The highest BCUT2D eigenvalue weighted by Crippen LogP contribution is 2.25. The maximum Gasteiger partial charge on any atom is 0.229 e. The summed E-state index contributed by atoms with van der Waals surface area (Å²) in [5, 5.41) is 6.98. The van der Waals surface area contributed by atoms with Crippen molar-refractivity contribution in [3.8, 4) is 5.82 Å². The van der Waals surface area contributed by atoms with E-state index >= 15 is 0 Å². The summed E-state index contributed by atoms with van der Waals surface area (Å²) < 4.78 is 1.67. The van der Waals surface area contributed by atoms with Crippen LogP contribution in [0, 0.1) is 5.92 Å². The van der Waals surface area contributed by atoms with Gasteiger partial charge in [-0.05, 0) is 31.0 Å². The summed E-state index contributed by atoms with van der Waals surface area (Å²) in [7, 11) is 0. The van der Waals surface area contributed by atoms with E-state index in [9.17, 15) is 4.79 Å². The summed E-state index contributed by atoms with van der Waals surface area (Å²) in [5.74, 6) is 0.620. The van der Waals surface area contributed by atoms with Crippen molar-refractivity contribution in [2.24, 2.45) is 11.7 Å². The van der Waals surface area contributed by atoms with Crippen LogP contribution < -0.4 is 11.1 Å². The number of hydrogen-bond donors (Lipinski definition) is 2. The standard InChI is InChI=1S/C14H17N5O/c15-12-4-1-3-11(12)14(20)18-10-5-6-13(16-9-10)19-8-2-7-17-19/h2,5-9,11-12H,1,3-4,15H2,(H,18,20). The Labute approximate surface area is 117 Å². The molecule has 104 valence electrons. The first-order valence-corrected chi connectivity index (χ1v) is 6.76. The molecule has 2 aromatic rings. The molecule has 0 saturated heterocycles. The van der Waals surface area contributed by atoms with Crippen LogP contribution in [0.1, 0.15) is 19.3 Å². The van der Waals surface area contributed by atoms with Gasteiger partial charge in [-0.3, -0.25) is 4.79 Å². The number of pyridine rings is 1. The molecule has 0 aliphatic heterocycles. The van der Waals surface area contributed by atoms with Crippen LogP contribution in [0.5, 0.6) is 0 Å². The van der Waals surface area contributed by atoms with E-state index in [1.165, 1.54) is 0 Å². The van der Waals surface area contributed by atoms with Gasteiger partial charge in [0.1, 0.15) is 0 Å². The highest BCUT2D eigenvalue weighted by molar-refractivity contribution is 5.93. The Morgan fingerprint density at radius 3 is 2.90 bits per heavy atom. The highest BCUT2D eigenvalue weighted by atomic mass is 16.1. The number of rotatable bonds is 3. The zero-order valence-electron chi connectivity index (χ0n) is 11.1. The molecule has 0 aromatic carbocycles. The fraction of sp³-hybridized carbons (Fsp3) is 0.357. The van der Waals surface area contributed by atoms with E-state index in [0.29, 0.717) is 11.5 Å². The van der Waals surface area contributed by atoms with Gasteiger partial charge in [-0.2, -0.15) is 5.10 Å². The summed E-state index contributed by atoms with van der Waals surface area (Å²) in [5.41, 5.74) is 6.62. The fourth-order valence-electron chi connectivity index (χ4n) is 2.55. The van der Waals surface area contributed by atoms with E-state index in [1.54, 1.807) is 17.1 Å². The molecular weight excluding hydrogens is 254 g/mol. The maximum absolute atomic E-state index is 12.1. The molecule has 1 fully saturated rings. The van der Waals surface area contributed by atoms with Crippen LogP contribution in [0.3, 0.4) is 0 Å². The molecule has 3 N–H and O–H groups in total. The quantitative estimate of drug-likeness (QED) is 0.882. The molecule has 2 unspecified atom stereocenters. The number of aromatic nitrogens is 3. The van der Waals surface area contributed by atoms with Crippen molar-refractivity contribution in [1.82, 2.24) is 14.8 Å². The molecule has 2 aromatic heterocycles. The lowest BCUT2D eigenvalue weighted by Gasteiger charge is -2.15. The van der Waals surface area contributed by atoms with Crippen LogP contribution >= 0.6 is 0 Å². The lowest BCUT2D eigenvalue weighted by Crippen LogP contribution is -2.34. The molecule has 1 aliphatic rings. The molecule has 6 nitrogen and oxygen atoms in total. The number of nitrogens with zero attached hydrogens (tertiary/aromatic N) is 3. The Morgan fingerprint density at radius 2 is 2.30 bits per heavy atom. The molecule has 2 atom stereocenters. The number of hydrogen-bond acceptors (Lipinski definition) is 4. The van der Waals surface area contributed by atoms with Gasteiger partial charge in [0.15, 0.2) is 5.82 Å². The van der Waals surface area contributed by atoms with Gasteiger partial charge in [0.2, 0.25) is 5.91 Å². The Bertz CT molecular complexity index is 578. The number of nitrogens with one attached hydrogen (secondary N) is 1. The third-order valence-corrected chi connectivity index (χ3v) is 3.66. The average Bonchev–Trinajstić information content (AvgIpc) is 3.10. The lowest BCUT2D eigenvalue weighted by molar-refractivity contribution is -0.120. The Kier molecular flexibility index (Phi) is 3.47. The predicted molar refractivity (Wildman–Crippen MR) is 75.3 cm³/mol. The van der Waals surface area contributed by atoms with Crippen LogP contribution in [0.4, 0.5) is 5.69 Å². The van der Waals surface area contributed by atoms with Gasteiger partial charge in [0.05, 0.1) is 17.8 Å². The summed E-state index contributed by atoms with van der Waals surface area (Å²) >= 11 is 0. The van der Waals surface area contributed by atoms with Crippen molar-refractivity contribution in [3.63, 3.8) is 0 Å². The molecule has 1 saturated carbocycles. The molecule has 0 spiro atoms. The van der Waals surface area contributed by atoms with Crippen molar-refractivity contribution in [2.45, 2.75) is 25.3 Å². The minimum absolute atomic E-state index is 0.0105. The molecule has 0 radical (unpaired) electrons. The summed E-state index contributed by atoms with van der Waals surface area (Å²) in [6, 6.07) is 5.45. The Morgan fingerprint density at radius 1 is 1.40 bits per heavy atom. The third-order valence-electron chi connectivity index (χ3n) is 3.66. The van der Waals surface area contributed by atoms with Crippen molar-refractivity contribution in [3.05, 3.63) is 36.8 Å². The van der Waals surface area contributed by atoms with Gasteiger partial charge >= 0.3 is 0 Å². The topological polar surface area (TPSA) is 85.8 Å². The summed E-state index contributed by atoms with van der Waals surface area (Å²) in [6.07, 6.45) is 7.96. The Hall–Kier alpha value is -2.21. The smallest absolute Gasteiger partial charge is 0.229 e. The summed E-state index contributed by atoms with van der Waals surface area (Å²) in [6.45, 7) is 0. The zero-order chi connectivity index (χ0) is 13.9. The molecule has 0 bridgehead atoms. The van der Waals surface area contributed by atoms with E-state index in [2.05, 4.69) is 15.4 Å². The van der Waals surface area contributed by atoms with Crippen LogP contribution in [0.15, 0.2) is 36.8 Å². The zero-order valence-corrected chi connectivity index (χ0v) is 11.1. The molecular formula is C14H17N5O. The van der Waals surface area contributed by atoms with Crippen molar-refractivity contribution in [2.75, 3.05) is 5.32 Å². The van der Waals surface area contributed by atoms with Gasteiger partial charge in [-0.1, -0.05) is 6.42 Å². The summed E-state index contributed by atoms with van der Waals surface area (Å²) in [4.78, 5) is 16.4. The molecule has 6 heteroatoms. The van der Waals surface area contributed by atoms with Crippen molar-refractivity contribution < 1.29 is 4.79 Å². The average molecular weight is 271 g/mol. The van der Waals surface area contributed by atoms with Crippen LogP contribution in [-0.2, 0) is 4.79 Å². The van der Waals surface area contributed by atoms with Gasteiger partial charge in [0.25, 0.3) is 0 Å². The maximum atomic E-state index is 12.1. The van der Waals surface area contributed by atoms with E-state index < -0.39 is 0 Å². The minimum atomic E-state index is -0.0826. The number of carbonyl (C=O) groups is 1. The van der Waals surface area contributed by atoms with Gasteiger partial charge in [-0.15, -0.1) is 0 Å². The van der Waals surface area contributed by atoms with Crippen LogP contribution in [0.2, 0.25) is 0 Å². The first kappa shape index (κ1) is 12.8. The second kappa shape index (κ2) is 5.42. The fourth-order valence-corrected chi connectivity index (χ4v) is 2.55. The second-order valence-electron chi connectivity index (χ2n) is 5.05. The SMILES string of the molecule is NC1CCCC1C(=O)Nc1ccc(-n2cccn2)nc1. The number of anilines is 1. The van der Waals surface area contributed by atoms with Crippen molar-refractivity contribution in [1.29, 1.82) is 0 Å². The van der Waals surface area contributed by atoms with Gasteiger partial charge < -0.3 is 11.1 Å². The molecule has 1 aliphatic carbocycles. The highest BCUT2D eigenvalue weighted by Gasteiger charge is 2.30. The first-order chi connectivity index (χ1) is 9.74. The number of nitrogens with two attached hydrogens (primary N) is 1. The number of amides is 1. The lowest BCUT2D eigenvalue weighted by atomic mass is 10.0. The van der Waals surface area contributed by atoms with E-state index in [0.717, 1.165) is 19.3 Å². The third kappa shape index (κ3) is 2.55. The van der Waals surface area contributed by atoms with Crippen LogP contribution in [-0.4, -0.2) is 26.7 Å². The monoisotopic (exact) mass is 271 g/mol.